The summed E-state index contributed by atoms with van der Waals surface area (Å²) >= 11 is 0. The molecule has 1 atom stereocenters. The first-order chi connectivity index (χ1) is 14.5. The average Bonchev–Trinajstić information content (AvgIpc) is 2.71. The minimum absolute atomic E-state index is 0.0659. The maximum Gasteiger partial charge on any atom is 0.393 e. The van der Waals surface area contributed by atoms with Crippen molar-refractivity contribution in [2.45, 2.75) is 49.7 Å². The van der Waals surface area contributed by atoms with Crippen LogP contribution >= 0.6 is 0 Å². The SMILES string of the molecule is CCC1CCc2cc(CC(F)(F)F)ccc2N1S(=O)(=O)c1ccc(O)c(C(=O)OC)c1. The minimum atomic E-state index is -4.36. The highest BCUT2D eigenvalue weighted by Gasteiger charge is 2.36. The standard InChI is InChI=1S/C21H22F3NO5S/c1-3-15-6-5-14-10-13(12-21(22,23)24)4-8-18(14)25(15)31(28,29)16-7-9-19(26)17(11-16)20(27)30-2/h4,7-11,15,26H,3,5-6,12H2,1-2H3. The molecule has 0 radical (unpaired) electrons. The molecular weight excluding hydrogens is 435 g/mol. The van der Waals surface area contributed by atoms with E-state index in [1.807, 2.05) is 6.92 Å². The Morgan fingerprint density at radius 1 is 1.23 bits per heavy atom. The lowest BCUT2D eigenvalue weighted by Gasteiger charge is -2.37. The van der Waals surface area contributed by atoms with E-state index < -0.39 is 40.4 Å². The fourth-order valence-corrected chi connectivity index (χ4v) is 5.61. The van der Waals surface area contributed by atoms with Gasteiger partial charge in [0, 0.05) is 6.04 Å². The van der Waals surface area contributed by atoms with Crippen LogP contribution < -0.4 is 4.31 Å². The van der Waals surface area contributed by atoms with Crippen LogP contribution in [0.15, 0.2) is 41.3 Å². The van der Waals surface area contributed by atoms with Crippen LogP contribution in [0.25, 0.3) is 0 Å². The number of hydrogen-bond acceptors (Lipinski definition) is 5. The summed E-state index contributed by atoms with van der Waals surface area (Å²) in [4.78, 5) is 11.7. The highest BCUT2D eigenvalue weighted by atomic mass is 32.2. The topological polar surface area (TPSA) is 83.9 Å². The predicted octanol–water partition coefficient (Wildman–Crippen LogP) is 4.20. The van der Waals surface area contributed by atoms with E-state index in [-0.39, 0.29) is 16.0 Å². The number of phenolic OH excluding ortho intramolecular Hbond substituents is 1. The van der Waals surface area contributed by atoms with Gasteiger partial charge in [0.25, 0.3) is 10.0 Å². The number of carbonyl (C=O) groups excluding carboxylic acids is 1. The molecule has 2 aromatic rings. The second-order valence-electron chi connectivity index (χ2n) is 7.33. The molecule has 31 heavy (non-hydrogen) atoms. The van der Waals surface area contributed by atoms with Crippen molar-refractivity contribution in [3.63, 3.8) is 0 Å². The van der Waals surface area contributed by atoms with Gasteiger partial charge in [-0.25, -0.2) is 13.2 Å². The number of sulfonamides is 1. The predicted molar refractivity (Wildman–Crippen MR) is 108 cm³/mol. The molecule has 6 nitrogen and oxygen atoms in total. The quantitative estimate of drug-likeness (QED) is 0.681. The Morgan fingerprint density at radius 3 is 2.55 bits per heavy atom. The summed E-state index contributed by atoms with van der Waals surface area (Å²) < 4.78 is 71.2. The van der Waals surface area contributed by atoms with Crippen molar-refractivity contribution in [2.24, 2.45) is 0 Å². The van der Waals surface area contributed by atoms with E-state index in [1.54, 1.807) is 0 Å². The van der Waals surface area contributed by atoms with Crippen LogP contribution in [0.1, 0.15) is 41.3 Å². The van der Waals surface area contributed by atoms with Crippen molar-refractivity contribution < 1.29 is 36.2 Å². The lowest BCUT2D eigenvalue weighted by atomic mass is 9.94. The molecule has 10 heteroatoms. The smallest absolute Gasteiger partial charge is 0.393 e. The normalized spacial score (nSPS) is 16.7. The summed E-state index contributed by atoms with van der Waals surface area (Å²) in [6.45, 7) is 1.83. The molecule has 1 heterocycles. The molecular formula is C21H22F3NO5S. The van der Waals surface area contributed by atoms with Crippen LogP contribution in [-0.4, -0.2) is 38.8 Å². The second kappa shape index (κ2) is 8.41. The zero-order valence-corrected chi connectivity index (χ0v) is 17.8. The molecule has 0 bridgehead atoms. The number of rotatable bonds is 5. The van der Waals surface area contributed by atoms with Gasteiger partial charge in [0.2, 0.25) is 0 Å². The lowest BCUT2D eigenvalue weighted by molar-refractivity contribution is -0.127. The number of alkyl halides is 3. The zero-order chi connectivity index (χ0) is 23.0. The molecule has 0 aromatic heterocycles. The van der Waals surface area contributed by atoms with Crippen molar-refractivity contribution in [1.82, 2.24) is 0 Å². The van der Waals surface area contributed by atoms with Gasteiger partial charge in [0.05, 0.1) is 24.1 Å². The summed E-state index contributed by atoms with van der Waals surface area (Å²) in [6.07, 6.45) is -4.07. The molecule has 0 aliphatic carbocycles. The van der Waals surface area contributed by atoms with Crippen LogP contribution in [0, 0.1) is 0 Å². The van der Waals surface area contributed by atoms with Crippen molar-refractivity contribution in [1.29, 1.82) is 0 Å². The van der Waals surface area contributed by atoms with E-state index in [0.29, 0.717) is 30.5 Å². The number of anilines is 1. The van der Waals surface area contributed by atoms with Gasteiger partial charge in [-0.05, 0) is 54.7 Å². The third-order valence-electron chi connectivity index (χ3n) is 5.27. The number of esters is 1. The first-order valence-corrected chi connectivity index (χ1v) is 11.1. The maximum atomic E-state index is 13.5. The average molecular weight is 457 g/mol. The van der Waals surface area contributed by atoms with Gasteiger partial charge in [-0.2, -0.15) is 13.2 Å². The highest BCUT2D eigenvalue weighted by molar-refractivity contribution is 7.92. The number of aromatic hydroxyl groups is 1. The number of aryl methyl sites for hydroxylation is 1. The van der Waals surface area contributed by atoms with Crippen LogP contribution in [0.4, 0.5) is 18.9 Å². The van der Waals surface area contributed by atoms with E-state index in [1.165, 1.54) is 28.6 Å². The summed E-state index contributed by atoms with van der Waals surface area (Å²) in [7, 11) is -3.07. The highest BCUT2D eigenvalue weighted by Crippen LogP contribution is 2.38. The summed E-state index contributed by atoms with van der Waals surface area (Å²) in [5.74, 6) is -1.31. The Kier molecular flexibility index (Phi) is 6.22. The Morgan fingerprint density at radius 2 is 1.94 bits per heavy atom. The third-order valence-corrected chi connectivity index (χ3v) is 7.13. The van der Waals surface area contributed by atoms with E-state index in [0.717, 1.165) is 19.2 Å². The van der Waals surface area contributed by atoms with Gasteiger partial charge >= 0.3 is 12.1 Å². The minimum Gasteiger partial charge on any atom is -0.507 e. The Hall–Kier alpha value is -2.75. The lowest BCUT2D eigenvalue weighted by Crippen LogP contribution is -2.43. The molecule has 0 saturated carbocycles. The van der Waals surface area contributed by atoms with Crippen molar-refractivity contribution in [3.8, 4) is 5.75 Å². The van der Waals surface area contributed by atoms with E-state index in [2.05, 4.69) is 4.74 Å². The molecule has 0 spiro atoms. The number of hydrogen-bond donors (Lipinski definition) is 1. The first-order valence-electron chi connectivity index (χ1n) is 9.62. The number of carbonyl (C=O) groups is 1. The van der Waals surface area contributed by atoms with E-state index >= 15 is 0 Å². The number of benzene rings is 2. The van der Waals surface area contributed by atoms with Gasteiger partial charge in [-0.15, -0.1) is 0 Å². The fourth-order valence-electron chi connectivity index (χ4n) is 3.79. The molecule has 0 fully saturated rings. The molecule has 168 valence electrons. The number of halogens is 3. The van der Waals surface area contributed by atoms with Gasteiger partial charge in [-0.1, -0.05) is 19.1 Å². The van der Waals surface area contributed by atoms with E-state index in [4.69, 9.17) is 0 Å². The fraction of sp³-hybridized carbons (Fsp3) is 0.381. The largest absolute Gasteiger partial charge is 0.507 e. The Labute approximate surface area is 178 Å². The first kappa shape index (κ1) is 22.9. The third kappa shape index (κ3) is 4.63. The van der Waals surface area contributed by atoms with Gasteiger partial charge < -0.3 is 9.84 Å². The number of ether oxygens (including phenoxy) is 1. The number of phenols is 1. The molecule has 0 saturated heterocycles. The second-order valence-corrected chi connectivity index (χ2v) is 9.14. The van der Waals surface area contributed by atoms with Crippen LogP contribution in [0.3, 0.4) is 0 Å². The number of fused-ring (bicyclic) bond motifs is 1. The van der Waals surface area contributed by atoms with Crippen molar-refractivity contribution in [2.75, 3.05) is 11.4 Å². The van der Waals surface area contributed by atoms with Crippen molar-refractivity contribution >= 4 is 21.7 Å². The Balaban J connectivity index is 2.09. The number of methoxy groups -OCH3 is 1. The van der Waals surface area contributed by atoms with Gasteiger partial charge in [0.1, 0.15) is 11.3 Å². The van der Waals surface area contributed by atoms with Crippen LogP contribution in [0.5, 0.6) is 5.75 Å². The van der Waals surface area contributed by atoms with Crippen LogP contribution in [-0.2, 0) is 27.6 Å². The molecule has 2 aromatic carbocycles. The Bertz CT molecular complexity index is 1100. The van der Waals surface area contributed by atoms with Crippen molar-refractivity contribution in [3.05, 3.63) is 53.1 Å². The molecule has 3 rings (SSSR count). The van der Waals surface area contributed by atoms with Gasteiger partial charge in [-0.3, -0.25) is 4.31 Å². The van der Waals surface area contributed by atoms with E-state index in [9.17, 15) is 31.5 Å². The summed E-state index contributed by atoms with van der Waals surface area (Å²) in [5.41, 5.74) is 0.601. The summed E-state index contributed by atoms with van der Waals surface area (Å²) in [6, 6.07) is 6.99. The molecule has 1 unspecified atom stereocenters. The molecule has 0 amide bonds. The zero-order valence-electron chi connectivity index (χ0n) is 16.9. The van der Waals surface area contributed by atoms with Gasteiger partial charge in [0.15, 0.2) is 0 Å². The molecule has 1 aliphatic heterocycles. The number of nitrogens with zero attached hydrogens (tertiary/aromatic N) is 1. The van der Waals surface area contributed by atoms with Crippen LogP contribution in [0.2, 0.25) is 0 Å². The maximum absolute atomic E-state index is 13.5. The molecule has 1 aliphatic rings. The monoisotopic (exact) mass is 457 g/mol. The molecule has 1 N–H and O–H groups in total. The summed E-state index contributed by atoms with van der Waals surface area (Å²) in [5, 5.41) is 9.89.